The predicted molar refractivity (Wildman–Crippen MR) is 84.5 cm³/mol. The Labute approximate surface area is 131 Å². The third-order valence-corrected chi connectivity index (χ3v) is 3.64. The molecule has 2 rings (SSSR count). The number of hydrogen-bond donors (Lipinski definition) is 0. The average Bonchev–Trinajstić information content (AvgIpc) is 2.94. The van der Waals surface area contributed by atoms with Crippen LogP contribution in [0.2, 0.25) is 0 Å². The summed E-state index contributed by atoms with van der Waals surface area (Å²) in [5, 5.41) is 0. The molecular formula is C17H24N2O3. The Balaban J connectivity index is 2.10. The Morgan fingerprint density at radius 3 is 2.45 bits per heavy atom. The van der Waals surface area contributed by atoms with Gasteiger partial charge in [0.25, 0.3) is 5.91 Å². The minimum atomic E-state index is -0.535. The Bertz CT molecular complexity index is 537. The molecule has 1 heterocycles. The normalized spacial score (nSPS) is 18.2. The van der Waals surface area contributed by atoms with Gasteiger partial charge in [-0.25, -0.2) is 4.79 Å². The van der Waals surface area contributed by atoms with E-state index in [4.69, 9.17) is 4.74 Å². The molecule has 120 valence electrons. The Morgan fingerprint density at radius 2 is 1.86 bits per heavy atom. The van der Waals surface area contributed by atoms with E-state index in [-0.39, 0.29) is 18.2 Å². The quantitative estimate of drug-likeness (QED) is 0.843. The van der Waals surface area contributed by atoms with E-state index >= 15 is 0 Å². The maximum absolute atomic E-state index is 12.5. The van der Waals surface area contributed by atoms with Crippen molar-refractivity contribution in [3.8, 4) is 0 Å². The number of ether oxygens (including phenoxy) is 1. The first-order chi connectivity index (χ1) is 10.3. The summed E-state index contributed by atoms with van der Waals surface area (Å²) >= 11 is 0. The van der Waals surface area contributed by atoms with Crippen molar-refractivity contribution < 1.29 is 14.3 Å². The van der Waals surface area contributed by atoms with E-state index in [0.29, 0.717) is 12.1 Å². The lowest BCUT2D eigenvalue weighted by atomic mass is 10.2. The van der Waals surface area contributed by atoms with Crippen molar-refractivity contribution in [3.05, 3.63) is 35.9 Å². The van der Waals surface area contributed by atoms with Gasteiger partial charge in [0.2, 0.25) is 0 Å². The predicted octanol–water partition coefficient (Wildman–Crippen LogP) is 3.12. The summed E-state index contributed by atoms with van der Waals surface area (Å²) in [6, 6.07) is 9.11. The van der Waals surface area contributed by atoms with Gasteiger partial charge in [0.15, 0.2) is 0 Å². The summed E-state index contributed by atoms with van der Waals surface area (Å²) in [4.78, 5) is 28.1. The lowest BCUT2D eigenvalue weighted by Crippen LogP contribution is -2.49. The minimum Gasteiger partial charge on any atom is -0.444 e. The summed E-state index contributed by atoms with van der Waals surface area (Å²) in [7, 11) is 1.74. The van der Waals surface area contributed by atoms with E-state index in [1.165, 1.54) is 0 Å². The fourth-order valence-electron chi connectivity index (χ4n) is 2.61. The van der Waals surface area contributed by atoms with Crippen LogP contribution in [0.3, 0.4) is 0 Å². The standard InChI is InChI=1S/C17H24N2O3/c1-17(2,3)22-16(21)19-12-8-11-14(19)18(4)15(20)13-9-6-5-7-10-13/h5-7,9-10,14H,8,11-12H2,1-4H3. The summed E-state index contributed by atoms with van der Waals surface area (Å²) in [5.74, 6) is -0.0824. The molecule has 5 heteroatoms. The molecule has 0 bridgehead atoms. The number of nitrogens with zero attached hydrogens (tertiary/aromatic N) is 2. The third-order valence-electron chi connectivity index (χ3n) is 3.64. The van der Waals surface area contributed by atoms with E-state index in [9.17, 15) is 9.59 Å². The number of rotatable bonds is 2. The van der Waals surface area contributed by atoms with Crippen molar-refractivity contribution in [2.45, 2.75) is 45.4 Å². The van der Waals surface area contributed by atoms with Crippen molar-refractivity contribution in [3.63, 3.8) is 0 Å². The van der Waals surface area contributed by atoms with Gasteiger partial charge in [-0.3, -0.25) is 9.69 Å². The van der Waals surface area contributed by atoms with Crippen LogP contribution in [-0.2, 0) is 4.74 Å². The Kier molecular flexibility index (Phi) is 4.74. The van der Waals surface area contributed by atoms with Gasteiger partial charge in [0, 0.05) is 19.2 Å². The van der Waals surface area contributed by atoms with Crippen LogP contribution in [0.15, 0.2) is 30.3 Å². The highest BCUT2D eigenvalue weighted by atomic mass is 16.6. The molecular weight excluding hydrogens is 280 g/mol. The number of likely N-dealkylation sites (tertiary alicyclic amines) is 1. The van der Waals surface area contributed by atoms with Gasteiger partial charge < -0.3 is 9.64 Å². The smallest absolute Gasteiger partial charge is 0.411 e. The first kappa shape index (κ1) is 16.3. The molecule has 0 aromatic heterocycles. The van der Waals surface area contributed by atoms with Gasteiger partial charge in [-0.2, -0.15) is 0 Å². The zero-order valence-corrected chi connectivity index (χ0v) is 13.7. The average molecular weight is 304 g/mol. The third kappa shape index (κ3) is 3.78. The molecule has 1 atom stereocenters. The molecule has 5 nitrogen and oxygen atoms in total. The fourth-order valence-corrected chi connectivity index (χ4v) is 2.61. The van der Waals surface area contributed by atoms with Gasteiger partial charge >= 0.3 is 6.09 Å². The van der Waals surface area contributed by atoms with Gasteiger partial charge in [0.05, 0.1) is 0 Å². The topological polar surface area (TPSA) is 49.9 Å². The summed E-state index contributed by atoms with van der Waals surface area (Å²) in [6.07, 6.45) is 1.04. The number of hydrogen-bond acceptors (Lipinski definition) is 3. The molecule has 22 heavy (non-hydrogen) atoms. The van der Waals surface area contributed by atoms with E-state index in [1.807, 2.05) is 39.0 Å². The van der Waals surface area contributed by atoms with Crippen LogP contribution in [0.4, 0.5) is 4.79 Å². The second-order valence-corrected chi connectivity index (χ2v) is 6.58. The molecule has 0 aliphatic carbocycles. The number of amides is 2. The van der Waals surface area contributed by atoms with E-state index in [2.05, 4.69) is 0 Å². The van der Waals surface area contributed by atoms with Crippen molar-refractivity contribution in [1.29, 1.82) is 0 Å². The van der Waals surface area contributed by atoms with Crippen molar-refractivity contribution in [1.82, 2.24) is 9.80 Å². The monoisotopic (exact) mass is 304 g/mol. The lowest BCUT2D eigenvalue weighted by Gasteiger charge is -2.33. The molecule has 1 aliphatic rings. The maximum atomic E-state index is 12.5. The second-order valence-electron chi connectivity index (χ2n) is 6.58. The largest absolute Gasteiger partial charge is 0.444 e. The fraction of sp³-hybridized carbons (Fsp3) is 0.529. The minimum absolute atomic E-state index is 0.0824. The molecule has 1 fully saturated rings. The van der Waals surface area contributed by atoms with Crippen molar-refractivity contribution >= 4 is 12.0 Å². The zero-order valence-electron chi connectivity index (χ0n) is 13.7. The zero-order chi connectivity index (χ0) is 16.3. The summed E-state index contributed by atoms with van der Waals surface area (Å²) in [5.41, 5.74) is 0.0905. The van der Waals surface area contributed by atoms with Crippen LogP contribution in [0.5, 0.6) is 0 Å². The van der Waals surface area contributed by atoms with Crippen molar-refractivity contribution in [2.24, 2.45) is 0 Å². The number of benzene rings is 1. The van der Waals surface area contributed by atoms with Crippen LogP contribution >= 0.6 is 0 Å². The molecule has 0 saturated carbocycles. The van der Waals surface area contributed by atoms with Crippen LogP contribution in [0.25, 0.3) is 0 Å². The van der Waals surface area contributed by atoms with Gasteiger partial charge in [-0.15, -0.1) is 0 Å². The highest BCUT2D eigenvalue weighted by Gasteiger charge is 2.36. The van der Waals surface area contributed by atoms with E-state index in [0.717, 1.165) is 12.8 Å². The number of carbonyl (C=O) groups excluding carboxylic acids is 2. The molecule has 0 spiro atoms. The Hall–Kier alpha value is -2.04. The molecule has 1 unspecified atom stereocenters. The van der Waals surface area contributed by atoms with Crippen molar-refractivity contribution in [2.75, 3.05) is 13.6 Å². The van der Waals surface area contributed by atoms with Gasteiger partial charge in [0.1, 0.15) is 11.8 Å². The summed E-state index contributed by atoms with van der Waals surface area (Å²) in [6.45, 7) is 6.14. The number of carbonyl (C=O) groups is 2. The van der Waals surface area contributed by atoms with Gasteiger partial charge in [-0.05, 0) is 45.7 Å². The van der Waals surface area contributed by atoms with Crippen LogP contribution in [0, 0.1) is 0 Å². The molecule has 1 aromatic carbocycles. The van der Waals surface area contributed by atoms with E-state index < -0.39 is 5.60 Å². The maximum Gasteiger partial charge on any atom is 0.411 e. The molecule has 0 radical (unpaired) electrons. The Morgan fingerprint density at radius 1 is 1.23 bits per heavy atom. The molecule has 1 aromatic rings. The first-order valence-corrected chi connectivity index (χ1v) is 7.61. The van der Waals surface area contributed by atoms with Gasteiger partial charge in [-0.1, -0.05) is 18.2 Å². The summed E-state index contributed by atoms with van der Waals surface area (Å²) < 4.78 is 5.44. The van der Waals surface area contributed by atoms with Crippen LogP contribution < -0.4 is 0 Å². The van der Waals surface area contributed by atoms with Crippen LogP contribution in [-0.4, -0.2) is 47.2 Å². The molecule has 2 amide bonds. The highest BCUT2D eigenvalue weighted by Crippen LogP contribution is 2.24. The lowest BCUT2D eigenvalue weighted by molar-refractivity contribution is 0.00651. The van der Waals surface area contributed by atoms with Crippen LogP contribution in [0.1, 0.15) is 44.0 Å². The second kappa shape index (κ2) is 6.38. The first-order valence-electron chi connectivity index (χ1n) is 7.61. The molecule has 1 saturated heterocycles. The highest BCUT2D eigenvalue weighted by molar-refractivity contribution is 5.94. The molecule has 0 N–H and O–H groups in total. The molecule has 1 aliphatic heterocycles. The van der Waals surface area contributed by atoms with E-state index in [1.54, 1.807) is 29.0 Å². The SMILES string of the molecule is CN(C(=O)c1ccccc1)C1CCCN1C(=O)OC(C)(C)C.